The van der Waals surface area contributed by atoms with Gasteiger partial charge in [-0.15, -0.1) is 0 Å². The van der Waals surface area contributed by atoms with Crippen LogP contribution >= 0.6 is 0 Å². The number of hydrogen-bond donors (Lipinski definition) is 2. The molecule has 0 unspecified atom stereocenters. The predicted molar refractivity (Wildman–Crippen MR) is 68.7 cm³/mol. The fourth-order valence-electron chi connectivity index (χ4n) is 2.74. The van der Waals surface area contributed by atoms with Crippen LogP contribution in [0.25, 0.3) is 0 Å². The fraction of sp³-hybridized carbons (Fsp3) is 0.571. The maximum absolute atomic E-state index is 12.2. The van der Waals surface area contributed by atoms with Crippen molar-refractivity contribution in [1.29, 1.82) is 0 Å². The highest BCUT2D eigenvalue weighted by Crippen LogP contribution is 2.41. The van der Waals surface area contributed by atoms with E-state index in [4.69, 9.17) is 9.52 Å². The lowest BCUT2D eigenvalue weighted by atomic mass is 9.82. The number of nitrogens with one attached hydrogen (secondary N) is 1. The van der Waals surface area contributed by atoms with E-state index in [2.05, 4.69) is 5.32 Å². The molecule has 1 amide bonds. The molecule has 1 aliphatic rings. The van der Waals surface area contributed by atoms with Gasteiger partial charge in [-0.1, -0.05) is 19.8 Å². The van der Waals surface area contributed by atoms with Gasteiger partial charge in [0.25, 0.3) is 0 Å². The number of carbonyl (C=O) groups is 2. The van der Waals surface area contributed by atoms with Gasteiger partial charge >= 0.3 is 5.97 Å². The Kier molecular flexibility index (Phi) is 3.93. The van der Waals surface area contributed by atoms with Crippen molar-refractivity contribution in [3.05, 3.63) is 23.7 Å². The van der Waals surface area contributed by atoms with Gasteiger partial charge in [0.1, 0.15) is 5.76 Å². The molecule has 1 saturated carbocycles. The largest absolute Gasteiger partial charge is 0.475 e. The molecule has 2 N–H and O–H groups in total. The Morgan fingerprint density at radius 2 is 2.05 bits per heavy atom. The topological polar surface area (TPSA) is 79.5 Å². The van der Waals surface area contributed by atoms with Crippen LogP contribution in [0.5, 0.6) is 0 Å². The van der Waals surface area contributed by atoms with E-state index < -0.39 is 5.97 Å². The number of carboxylic acid groups (broad SMARTS) is 1. The smallest absolute Gasteiger partial charge is 0.371 e. The number of amides is 1. The summed E-state index contributed by atoms with van der Waals surface area (Å²) in [6.45, 7) is 2.29. The highest BCUT2D eigenvalue weighted by molar-refractivity contribution is 5.84. The Morgan fingerprint density at radius 1 is 1.37 bits per heavy atom. The second kappa shape index (κ2) is 5.47. The van der Waals surface area contributed by atoms with Crippen LogP contribution in [-0.4, -0.2) is 17.0 Å². The van der Waals surface area contributed by atoms with E-state index >= 15 is 0 Å². The van der Waals surface area contributed by atoms with E-state index in [1.54, 1.807) is 6.07 Å². The first-order valence-corrected chi connectivity index (χ1v) is 6.68. The molecule has 1 aromatic heterocycles. The summed E-state index contributed by atoms with van der Waals surface area (Å²) in [6.07, 6.45) is 4.93. The van der Waals surface area contributed by atoms with E-state index in [-0.39, 0.29) is 23.6 Å². The second-order valence-electron chi connectivity index (χ2n) is 5.09. The Labute approximate surface area is 112 Å². The number of hydrogen-bond acceptors (Lipinski definition) is 3. The number of furan rings is 1. The highest BCUT2D eigenvalue weighted by Gasteiger charge is 2.39. The van der Waals surface area contributed by atoms with Crippen molar-refractivity contribution in [1.82, 2.24) is 5.32 Å². The number of rotatable bonds is 5. The Balaban J connectivity index is 1.94. The SMILES string of the molecule is CCC1(C(=O)NCc2ccc(C(=O)O)o2)CCCC1. The number of carbonyl (C=O) groups excluding carboxylic acids is 1. The quantitative estimate of drug-likeness (QED) is 0.857. The van der Waals surface area contributed by atoms with Crippen molar-refractivity contribution in [2.45, 2.75) is 45.6 Å². The average molecular weight is 265 g/mol. The van der Waals surface area contributed by atoms with Crippen LogP contribution in [-0.2, 0) is 11.3 Å². The molecule has 0 aromatic carbocycles. The third kappa shape index (κ3) is 2.80. The summed E-state index contributed by atoms with van der Waals surface area (Å²) in [4.78, 5) is 22.9. The van der Waals surface area contributed by atoms with Crippen LogP contribution in [0.1, 0.15) is 55.3 Å². The molecule has 5 heteroatoms. The van der Waals surface area contributed by atoms with Crippen molar-refractivity contribution >= 4 is 11.9 Å². The molecule has 2 rings (SSSR count). The molecule has 19 heavy (non-hydrogen) atoms. The standard InChI is InChI=1S/C14H19NO4/c1-2-14(7-3-4-8-14)13(18)15-9-10-5-6-11(19-10)12(16)17/h5-6H,2-4,7-9H2,1H3,(H,15,18)(H,16,17). The fourth-order valence-corrected chi connectivity index (χ4v) is 2.74. The zero-order chi connectivity index (χ0) is 13.9. The van der Waals surface area contributed by atoms with Crippen LogP contribution in [0, 0.1) is 5.41 Å². The molecule has 1 fully saturated rings. The normalized spacial score (nSPS) is 17.3. The van der Waals surface area contributed by atoms with Gasteiger partial charge in [0.15, 0.2) is 0 Å². The zero-order valence-corrected chi connectivity index (χ0v) is 11.1. The Bertz CT molecular complexity index is 472. The van der Waals surface area contributed by atoms with Crippen molar-refractivity contribution in [3.8, 4) is 0 Å². The Hall–Kier alpha value is -1.78. The highest BCUT2D eigenvalue weighted by atomic mass is 16.4. The molecule has 0 radical (unpaired) electrons. The minimum atomic E-state index is -1.10. The maximum atomic E-state index is 12.2. The van der Waals surface area contributed by atoms with Gasteiger partial charge in [0.2, 0.25) is 11.7 Å². The molecule has 5 nitrogen and oxygen atoms in total. The third-order valence-electron chi connectivity index (χ3n) is 4.01. The van der Waals surface area contributed by atoms with Gasteiger partial charge in [0, 0.05) is 5.41 Å². The van der Waals surface area contributed by atoms with Gasteiger partial charge in [-0.25, -0.2) is 4.79 Å². The van der Waals surface area contributed by atoms with Gasteiger partial charge in [-0.3, -0.25) is 4.79 Å². The summed E-state index contributed by atoms with van der Waals surface area (Å²) in [6, 6.07) is 2.98. The molecule has 0 aliphatic heterocycles. The third-order valence-corrected chi connectivity index (χ3v) is 4.01. The minimum absolute atomic E-state index is 0.0563. The van der Waals surface area contributed by atoms with E-state index in [0.29, 0.717) is 5.76 Å². The monoisotopic (exact) mass is 265 g/mol. The van der Waals surface area contributed by atoms with Gasteiger partial charge in [0.05, 0.1) is 6.54 Å². The predicted octanol–water partition coefficient (Wildman–Crippen LogP) is 2.56. The van der Waals surface area contributed by atoms with Crippen molar-refractivity contribution in [3.63, 3.8) is 0 Å². The van der Waals surface area contributed by atoms with Crippen molar-refractivity contribution in [2.24, 2.45) is 5.41 Å². The van der Waals surface area contributed by atoms with Crippen LogP contribution in [0.4, 0.5) is 0 Å². The van der Waals surface area contributed by atoms with E-state index in [0.717, 1.165) is 32.1 Å². The maximum Gasteiger partial charge on any atom is 0.371 e. The summed E-state index contributed by atoms with van der Waals surface area (Å²) < 4.78 is 5.11. The average Bonchev–Trinajstić information content (AvgIpc) is 3.05. The first kappa shape index (κ1) is 13.6. The lowest BCUT2D eigenvalue weighted by Crippen LogP contribution is -2.38. The zero-order valence-electron chi connectivity index (χ0n) is 11.1. The minimum Gasteiger partial charge on any atom is -0.475 e. The molecule has 1 aromatic rings. The molecule has 0 spiro atoms. The molecular formula is C14H19NO4. The van der Waals surface area contributed by atoms with Crippen LogP contribution in [0.2, 0.25) is 0 Å². The van der Waals surface area contributed by atoms with Crippen molar-refractivity contribution in [2.75, 3.05) is 0 Å². The van der Waals surface area contributed by atoms with E-state index in [1.807, 2.05) is 6.92 Å². The summed E-state index contributed by atoms with van der Waals surface area (Å²) in [5, 5.41) is 11.6. The molecule has 104 valence electrons. The lowest BCUT2D eigenvalue weighted by molar-refractivity contribution is -0.131. The molecule has 0 saturated heterocycles. The van der Waals surface area contributed by atoms with Crippen LogP contribution in [0.15, 0.2) is 16.5 Å². The second-order valence-corrected chi connectivity index (χ2v) is 5.09. The first-order valence-electron chi connectivity index (χ1n) is 6.68. The molecule has 1 heterocycles. The summed E-state index contributed by atoms with van der Waals surface area (Å²) >= 11 is 0. The summed E-state index contributed by atoms with van der Waals surface area (Å²) in [5.74, 6) is -0.676. The van der Waals surface area contributed by atoms with Gasteiger partial charge in [-0.05, 0) is 31.4 Å². The Morgan fingerprint density at radius 3 is 2.58 bits per heavy atom. The number of aromatic carboxylic acids is 1. The summed E-state index contributed by atoms with van der Waals surface area (Å²) in [5.41, 5.74) is -0.234. The number of carboxylic acids is 1. The summed E-state index contributed by atoms with van der Waals surface area (Å²) in [7, 11) is 0. The molecule has 0 bridgehead atoms. The van der Waals surface area contributed by atoms with Gasteiger partial charge in [-0.2, -0.15) is 0 Å². The van der Waals surface area contributed by atoms with Crippen molar-refractivity contribution < 1.29 is 19.1 Å². The molecule has 0 atom stereocenters. The lowest BCUT2D eigenvalue weighted by Gasteiger charge is -2.25. The molecular weight excluding hydrogens is 246 g/mol. The molecule has 1 aliphatic carbocycles. The van der Waals surface area contributed by atoms with Gasteiger partial charge < -0.3 is 14.8 Å². The van der Waals surface area contributed by atoms with E-state index in [9.17, 15) is 9.59 Å². The first-order chi connectivity index (χ1) is 9.07. The van der Waals surface area contributed by atoms with Crippen LogP contribution < -0.4 is 5.32 Å². The van der Waals surface area contributed by atoms with E-state index in [1.165, 1.54) is 6.07 Å². The van der Waals surface area contributed by atoms with Crippen LogP contribution in [0.3, 0.4) is 0 Å².